The molecule has 0 amide bonds. The maximum absolute atomic E-state index is 10.8. The molecule has 0 saturated heterocycles. The van der Waals surface area contributed by atoms with E-state index < -0.39 is 5.97 Å². The number of rotatable bonds is 3. The Kier molecular flexibility index (Phi) is 3.66. The van der Waals surface area contributed by atoms with Crippen LogP contribution in [0.5, 0.6) is 0 Å². The molecular formula is C12H8ClNO2S. The highest BCUT2D eigenvalue weighted by molar-refractivity contribution is 7.99. The molecule has 0 bridgehead atoms. The smallest absolute Gasteiger partial charge is 0.337 e. The van der Waals surface area contributed by atoms with Crippen molar-refractivity contribution >= 4 is 29.3 Å². The topological polar surface area (TPSA) is 50.2 Å². The van der Waals surface area contributed by atoms with E-state index in [4.69, 9.17) is 16.7 Å². The summed E-state index contributed by atoms with van der Waals surface area (Å²) in [6.07, 6.45) is 1.70. The van der Waals surface area contributed by atoms with Crippen molar-refractivity contribution < 1.29 is 9.90 Å². The van der Waals surface area contributed by atoms with Crippen LogP contribution in [-0.2, 0) is 0 Å². The van der Waals surface area contributed by atoms with Gasteiger partial charge in [-0.3, -0.25) is 0 Å². The van der Waals surface area contributed by atoms with E-state index in [0.717, 1.165) is 9.92 Å². The number of aromatic carboxylic acids is 1. The highest BCUT2D eigenvalue weighted by Crippen LogP contribution is 2.29. The Morgan fingerprint density at radius 1 is 1.29 bits per heavy atom. The molecule has 1 aromatic carbocycles. The average molecular weight is 266 g/mol. The highest BCUT2D eigenvalue weighted by atomic mass is 35.5. The van der Waals surface area contributed by atoms with Crippen LogP contribution < -0.4 is 0 Å². The minimum Gasteiger partial charge on any atom is -0.478 e. The third kappa shape index (κ3) is 2.99. The van der Waals surface area contributed by atoms with Crippen molar-refractivity contribution in [3.63, 3.8) is 0 Å². The molecule has 1 heterocycles. The Morgan fingerprint density at radius 2 is 2.12 bits per heavy atom. The Morgan fingerprint density at radius 3 is 2.71 bits per heavy atom. The Hall–Kier alpha value is -1.52. The first-order chi connectivity index (χ1) is 8.16. The maximum Gasteiger partial charge on any atom is 0.337 e. The lowest BCUT2D eigenvalue weighted by Gasteiger charge is -2.03. The van der Waals surface area contributed by atoms with Gasteiger partial charge in [-0.2, -0.15) is 0 Å². The van der Waals surface area contributed by atoms with Gasteiger partial charge in [0.2, 0.25) is 0 Å². The molecule has 86 valence electrons. The van der Waals surface area contributed by atoms with Gasteiger partial charge >= 0.3 is 5.97 Å². The molecule has 0 atom stereocenters. The van der Waals surface area contributed by atoms with E-state index in [1.54, 1.807) is 18.3 Å². The molecule has 2 rings (SSSR count). The second kappa shape index (κ2) is 5.21. The number of carboxylic acids is 1. The van der Waals surface area contributed by atoms with Crippen LogP contribution >= 0.6 is 23.4 Å². The second-order valence-corrected chi connectivity index (χ2v) is 4.72. The summed E-state index contributed by atoms with van der Waals surface area (Å²) in [5, 5.41) is 9.92. The van der Waals surface area contributed by atoms with Crippen LogP contribution in [0, 0.1) is 0 Å². The molecule has 2 aromatic rings. The number of nitrogens with zero attached hydrogens (tertiary/aromatic N) is 1. The van der Waals surface area contributed by atoms with Gasteiger partial charge in [-0.15, -0.1) is 0 Å². The monoisotopic (exact) mass is 265 g/mol. The maximum atomic E-state index is 10.8. The highest BCUT2D eigenvalue weighted by Gasteiger charge is 2.09. The fourth-order valence-electron chi connectivity index (χ4n) is 1.26. The summed E-state index contributed by atoms with van der Waals surface area (Å²) >= 11 is 7.31. The SMILES string of the molecule is O=C(O)c1ccc(Sc2ccccn2)cc1Cl. The number of halogens is 1. The van der Waals surface area contributed by atoms with Crippen LogP contribution in [0.3, 0.4) is 0 Å². The van der Waals surface area contributed by atoms with E-state index in [1.165, 1.54) is 17.8 Å². The summed E-state index contributed by atoms with van der Waals surface area (Å²) in [6, 6.07) is 10.5. The lowest BCUT2D eigenvalue weighted by Crippen LogP contribution is -1.96. The van der Waals surface area contributed by atoms with Crippen LogP contribution in [-0.4, -0.2) is 16.1 Å². The Labute approximate surface area is 107 Å². The van der Waals surface area contributed by atoms with Crippen molar-refractivity contribution in [2.24, 2.45) is 0 Å². The zero-order chi connectivity index (χ0) is 12.3. The molecular weight excluding hydrogens is 258 g/mol. The predicted molar refractivity (Wildman–Crippen MR) is 66.8 cm³/mol. The van der Waals surface area contributed by atoms with Crippen LogP contribution in [0.25, 0.3) is 0 Å². The van der Waals surface area contributed by atoms with Crippen molar-refractivity contribution in [2.45, 2.75) is 9.92 Å². The van der Waals surface area contributed by atoms with Crippen molar-refractivity contribution in [1.82, 2.24) is 4.98 Å². The van der Waals surface area contributed by atoms with Crippen LogP contribution in [0.15, 0.2) is 52.5 Å². The lowest BCUT2D eigenvalue weighted by molar-refractivity contribution is 0.0697. The van der Waals surface area contributed by atoms with E-state index in [2.05, 4.69) is 4.98 Å². The molecule has 0 unspecified atom stereocenters. The summed E-state index contributed by atoms with van der Waals surface area (Å²) in [7, 11) is 0. The fraction of sp³-hybridized carbons (Fsp3) is 0. The summed E-state index contributed by atoms with van der Waals surface area (Å²) in [5.41, 5.74) is 0.108. The third-order valence-electron chi connectivity index (χ3n) is 2.03. The number of carboxylic acid groups (broad SMARTS) is 1. The molecule has 0 aliphatic carbocycles. The molecule has 0 radical (unpaired) electrons. The molecule has 17 heavy (non-hydrogen) atoms. The second-order valence-electron chi connectivity index (χ2n) is 3.22. The van der Waals surface area contributed by atoms with E-state index >= 15 is 0 Å². The van der Waals surface area contributed by atoms with Gasteiger partial charge < -0.3 is 5.11 Å². The van der Waals surface area contributed by atoms with Crippen molar-refractivity contribution in [2.75, 3.05) is 0 Å². The van der Waals surface area contributed by atoms with Gasteiger partial charge in [0.25, 0.3) is 0 Å². The molecule has 5 heteroatoms. The van der Waals surface area contributed by atoms with E-state index in [9.17, 15) is 4.79 Å². The van der Waals surface area contributed by atoms with Crippen LogP contribution in [0.2, 0.25) is 5.02 Å². The molecule has 0 spiro atoms. The summed E-state index contributed by atoms with van der Waals surface area (Å²) < 4.78 is 0. The predicted octanol–water partition coefficient (Wildman–Crippen LogP) is 3.58. The first-order valence-electron chi connectivity index (χ1n) is 4.78. The molecule has 0 aliphatic heterocycles. The average Bonchev–Trinajstić information content (AvgIpc) is 2.30. The number of carbonyl (C=O) groups is 1. The van der Waals surface area contributed by atoms with Crippen LogP contribution in [0.4, 0.5) is 0 Å². The Balaban J connectivity index is 2.24. The largest absolute Gasteiger partial charge is 0.478 e. The molecule has 0 aliphatic rings. The van der Waals surface area contributed by atoms with Gasteiger partial charge in [-0.25, -0.2) is 9.78 Å². The zero-order valence-corrected chi connectivity index (χ0v) is 10.2. The number of aromatic nitrogens is 1. The summed E-state index contributed by atoms with van der Waals surface area (Å²) in [6.45, 7) is 0. The zero-order valence-electron chi connectivity index (χ0n) is 8.63. The van der Waals surface area contributed by atoms with Crippen molar-refractivity contribution in [1.29, 1.82) is 0 Å². The first-order valence-corrected chi connectivity index (χ1v) is 5.98. The van der Waals surface area contributed by atoms with Gasteiger partial charge in [0.05, 0.1) is 10.6 Å². The van der Waals surface area contributed by atoms with Gasteiger partial charge in [-0.05, 0) is 30.3 Å². The number of benzene rings is 1. The van der Waals surface area contributed by atoms with E-state index in [1.807, 2.05) is 18.2 Å². The number of pyridine rings is 1. The van der Waals surface area contributed by atoms with Gasteiger partial charge in [0.15, 0.2) is 0 Å². The molecule has 1 N–H and O–H groups in total. The van der Waals surface area contributed by atoms with Gasteiger partial charge in [0, 0.05) is 11.1 Å². The van der Waals surface area contributed by atoms with Gasteiger partial charge in [0.1, 0.15) is 5.03 Å². The summed E-state index contributed by atoms with van der Waals surface area (Å²) in [5.74, 6) is -1.02. The Bertz CT molecular complexity index is 545. The standard InChI is InChI=1S/C12H8ClNO2S/c13-10-7-8(4-5-9(10)12(15)16)17-11-3-1-2-6-14-11/h1-7H,(H,15,16). The van der Waals surface area contributed by atoms with E-state index in [-0.39, 0.29) is 10.6 Å². The summed E-state index contributed by atoms with van der Waals surface area (Å²) in [4.78, 5) is 15.8. The van der Waals surface area contributed by atoms with Crippen molar-refractivity contribution in [3.05, 3.63) is 53.2 Å². The number of hydrogen-bond donors (Lipinski definition) is 1. The lowest BCUT2D eigenvalue weighted by atomic mass is 10.2. The molecule has 1 aromatic heterocycles. The quantitative estimate of drug-likeness (QED) is 0.921. The third-order valence-corrected chi connectivity index (χ3v) is 3.28. The molecule has 0 saturated carbocycles. The molecule has 3 nitrogen and oxygen atoms in total. The van der Waals surface area contributed by atoms with Crippen LogP contribution in [0.1, 0.15) is 10.4 Å². The van der Waals surface area contributed by atoms with Crippen molar-refractivity contribution in [3.8, 4) is 0 Å². The fourth-order valence-corrected chi connectivity index (χ4v) is 2.40. The van der Waals surface area contributed by atoms with Gasteiger partial charge in [-0.1, -0.05) is 29.4 Å². The molecule has 0 fully saturated rings. The first kappa shape index (κ1) is 12.0. The van der Waals surface area contributed by atoms with E-state index in [0.29, 0.717) is 0 Å². The number of hydrogen-bond acceptors (Lipinski definition) is 3. The minimum absolute atomic E-state index is 0.108. The normalized spacial score (nSPS) is 10.2. The minimum atomic E-state index is -1.02.